The third-order valence-electron chi connectivity index (χ3n) is 2.68. The highest BCUT2D eigenvalue weighted by atomic mass is 79.9. The van der Waals surface area contributed by atoms with Gasteiger partial charge in [0.15, 0.2) is 0 Å². The Balaban J connectivity index is 2.21. The summed E-state index contributed by atoms with van der Waals surface area (Å²) in [4.78, 5) is 10.5. The molecular formula is C13H9Br2ClN2O2. The first-order chi connectivity index (χ1) is 9.50. The highest BCUT2D eigenvalue weighted by Gasteiger charge is 2.14. The van der Waals surface area contributed by atoms with E-state index >= 15 is 0 Å². The number of rotatable bonds is 4. The van der Waals surface area contributed by atoms with Crippen LogP contribution in [0.2, 0.25) is 5.02 Å². The van der Waals surface area contributed by atoms with Crippen molar-refractivity contribution < 1.29 is 4.92 Å². The van der Waals surface area contributed by atoms with Crippen LogP contribution in [0.4, 0.5) is 11.4 Å². The molecule has 0 amide bonds. The van der Waals surface area contributed by atoms with Crippen LogP contribution in [0.3, 0.4) is 0 Å². The van der Waals surface area contributed by atoms with Crippen LogP contribution in [-0.2, 0) is 6.54 Å². The number of hydrogen-bond acceptors (Lipinski definition) is 3. The van der Waals surface area contributed by atoms with Gasteiger partial charge in [0, 0.05) is 12.6 Å². The number of nitro benzene ring substituents is 1. The second-order valence-corrected chi connectivity index (χ2v) is 5.96. The number of nitrogens with one attached hydrogen (secondary N) is 1. The van der Waals surface area contributed by atoms with Crippen molar-refractivity contribution in [3.63, 3.8) is 0 Å². The lowest BCUT2D eigenvalue weighted by molar-refractivity contribution is -0.385. The Morgan fingerprint density at radius 3 is 2.55 bits per heavy atom. The topological polar surface area (TPSA) is 55.2 Å². The molecule has 20 heavy (non-hydrogen) atoms. The second-order valence-electron chi connectivity index (χ2n) is 3.96. The minimum Gasteiger partial charge on any atom is -0.380 e. The summed E-state index contributed by atoms with van der Waals surface area (Å²) in [5, 5.41) is 14.7. The van der Waals surface area contributed by atoms with Crippen LogP contribution in [0.15, 0.2) is 45.3 Å². The third-order valence-corrected chi connectivity index (χ3v) is 4.99. The molecule has 0 spiro atoms. The van der Waals surface area contributed by atoms with Crippen molar-refractivity contribution in [3.05, 3.63) is 66.0 Å². The fraction of sp³-hybridized carbons (Fsp3) is 0.0769. The summed E-state index contributed by atoms with van der Waals surface area (Å²) in [7, 11) is 0. The van der Waals surface area contributed by atoms with E-state index < -0.39 is 4.92 Å². The number of halogens is 3. The predicted octanol–water partition coefficient (Wildman–Crippen LogP) is 5.39. The van der Waals surface area contributed by atoms with Crippen LogP contribution in [-0.4, -0.2) is 4.92 Å². The van der Waals surface area contributed by atoms with Crippen molar-refractivity contribution in [3.8, 4) is 0 Å². The molecular weight excluding hydrogens is 411 g/mol. The first kappa shape index (κ1) is 15.3. The molecule has 0 aliphatic heterocycles. The number of hydrogen-bond donors (Lipinski definition) is 1. The first-order valence-corrected chi connectivity index (χ1v) is 7.56. The van der Waals surface area contributed by atoms with Crippen molar-refractivity contribution >= 4 is 54.8 Å². The molecule has 0 radical (unpaired) electrons. The molecule has 0 aliphatic carbocycles. The molecule has 0 saturated heterocycles. The van der Waals surface area contributed by atoms with E-state index in [2.05, 4.69) is 37.2 Å². The van der Waals surface area contributed by atoms with Gasteiger partial charge in [0.1, 0.15) is 4.47 Å². The van der Waals surface area contributed by atoms with Gasteiger partial charge < -0.3 is 5.32 Å². The summed E-state index contributed by atoms with van der Waals surface area (Å²) in [5.74, 6) is 0. The molecule has 0 aliphatic rings. The van der Waals surface area contributed by atoms with Crippen LogP contribution in [0.25, 0.3) is 0 Å². The molecule has 1 N–H and O–H groups in total. The van der Waals surface area contributed by atoms with Crippen molar-refractivity contribution in [2.24, 2.45) is 0 Å². The smallest absolute Gasteiger partial charge is 0.283 e. The normalized spacial score (nSPS) is 10.3. The van der Waals surface area contributed by atoms with E-state index in [-0.39, 0.29) is 5.69 Å². The summed E-state index contributed by atoms with van der Waals surface area (Å²) >= 11 is 12.7. The Morgan fingerprint density at radius 1 is 1.15 bits per heavy atom. The molecule has 0 aromatic heterocycles. The van der Waals surface area contributed by atoms with Crippen LogP contribution in [0.5, 0.6) is 0 Å². The SMILES string of the molecule is O=[N+]([O-])c1cccc(CNc2cccc(Cl)c2Br)c1Br. The summed E-state index contributed by atoms with van der Waals surface area (Å²) in [6, 6.07) is 10.4. The molecule has 2 aromatic rings. The lowest BCUT2D eigenvalue weighted by Gasteiger charge is -2.10. The summed E-state index contributed by atoms with van der Waals surface area (Å²) in [5.41, 5.74) is 1.68. The quantitative estimate of drug-likeness (QED) is 0.533. The van der Waals surface area contributed by atoms with Gasteiger partial charge in [-0.25, -0.2) is 0 Å². The van der Waals surface area contributed by atoms with Crippen LogP contribution in [0.1, 0.15) is 5.56 Å². The van der Waals surface area contributed by atoms with Gasteiger partial charge >= 0.3 is 0 Å². The lowest BCUT2D eigenvalue weighted by atomic mass is 10.2. The maximum absolute atomic E-state index is 10.9. The van der Waals surface area contributed by atoms with E-state index in [0.717, 1.165) is 15.7 Å². The van der Waals surface area contributed by atoms with E-state index in [4.69, 9.17) is 11.6 Å². The minimum atomic E-state index is -0.414. The Morgan fingerprint density at radius 2 is 1.85 bits per heavy atom. The number of benzene rings is 2. The molecule has 0 saturated carbocycles. The van der Waals surface area contributed by atoms with Gasteiger partial charge in [0.25, 0.3) is 5.69 Å². The largest absolute Gasteiger partial charge is 0.380 e. The van der Waals surface area contributed by atoms with E-state index in [1.807, 2.05) is 18.2 Å². The van der Waals surface area contributed by atoms with Crippen molar-refractivity contribution in [2.45, 2.75) is 6.54 Å². The van der Waals surface area contributed by atoms with Crippen LogP contribution in [0, 0.1) is 10.1 Å². The van der Waals surface area contributed by atoms with Crippen molar-refractivity contribution in [1.82, 2.24) is 0 Å². The maximum Gasteiger partial charge on any atom is 0.283 e. The molecule has 0 bridgehead atoms. The molecule has 0 heterocycles. The van der Waals surface area contributed by atoms with Crippen LogP contribution >= 0.6 is 43.5 Å². The Kier molecular flexibility index (Phi) is 5.01. The third kappa shape index (κ3) is 3.31. The Hall–Kier alpha value is -1.11. The van der Waals surface area contributed by atoms with Crippen LogP contribution < -0.4 is 5.32 Å². The van der Waals surface area contributed by atoms with E-state index in [1.54, 1.807) is 12.1 Å². The molecule has 0 fully saturated rings. The van der Waals surface area contributed by atoms with Gasteiger partial charge in [-0.3, -0.25) is 10.1 Å². The predicted molar refractivity (Wildman–Crippen MR) is 87.3 cm³/mol. The molecule has 104 valence electrons. The molecule has 2 rings (SSSR count). The molecule has 4 nitrogen and oxygen atoms in total. The number of nitrogens with zero attached hydrogens (tertiary/aromatic N) is 1. The maximum atomic E-state index is 10.9. The Labute approximate surface area is 137 Å². The first-order valence-electron chi connectivity index (χ1n) is 5.60. The van der Waals surface area contributed by atoms with Crippen molar-refractivity contribution in [1.29, 1.82) is 0 Å². The highest BCUT2D eigenvalue weighted by molar-refractivity contribution is 9.11. The second kappa shape index (κ2) is 6.56. The highest BCUT2D eigenvalue weighted by Crippen LogP contribution is 2.32. The summed E-state index contributed by atoms with van der Waals surface area (Å²) in [6.45, 7) is 0.446. The molecule has 2 aromatic carbocycles. The van der Waals surface area contributed by atoms with Gasteiger partial charge in [-0.15, -0.1) is 0 Å². The van der Waals surface area contributed by atoms with Gasteiger partial charge in [-0.2, -0.15) is 0 Å². The zero-order valence-corrected chi connectivity index (χ0v) is 14.0. The lowest BCUT2D eigenvalue weighted by Crippen LogP contribution is -2.02. The molecule has 0 unspecified atom stereocenters. The van der Waals surface area contributed by atoms with E-state index in [0.29, 0.717) is 16.0 Å². The van der Waals surface area contributed by atoms with Gasteiger partial charge in [-0.1, -0.05) is 29.8 Å². The van der Waals surface area contributed by atoms with Gasteiger partial charge in [-0.05, 0) is 49.6 Å². The van der Waals surface area contributed by atoms with E-state index in [1.165, 1.54) is 6.07 Å². The zero-order valence-electron chi connectivity index (χ0n) is 10.1. The van der Waals surface area contributed by atoms with E-state index in [9.17, 15) is 10.1 Å². The number of anilines is 1. The van der Waals surface area contributed by atoms with Gasteiger partial charge in [0.05, 0.1) is 20.1 Å². The van der Waals surface area contributed by atoms with Gasteiger partial charge in [0.2, 0.25) is 0 Å². The minimum absolute atomic E-state index is 0.0504. The number of nitro groups is 1. The average molecular weight is 420 g/mol. The monoisotopic (exact) mass is 418 g/mol. The summed E-state index contributed by atoms with van der Waals surface area (Å²) in [6.07, 6.45) is 0. The fourth-order valence-corrected chi connectivity index (χ4v) is 2.80. The molecule has 0 atom stereocenters. The zero-order chi connectivity index (χ0) is 14.7. The molecule has 7 heteroatoms. The fourth-order valence-electron chi connectivity index (χ4n) is 1.67. The average Bonchev–Trinajstić information content (AvgIpc) is 2.41. The Bertz CT molecular complexity index is 665. The van der Waals surface area contributed by atoms with Crippen molar-refractivity contribution in [2.75, 3.05) is 5.32 Å². The summed E-state index contributed by atoms with van der Waals surface area (Å²) < 4.78 is 1.25. The standard InChI is InChI=1S/C13H9Br2ClN2O2/c14-12-8(3-1-6-11(12)18(19)20)7-17-10-5-2-4-9(16)13(10)15/h1-6,17H,7H2.